The maximum atomic E-state index is 13.9. The van der Waals surface area contributed by atoms with Gasteiger partial charge in [0.25, 0.3) is 0 Å². The molecule has 1 nitrogen and oxygen atoms in total. The van der Waals surface area contributed by atoms with Gasteiger partial charge >= 0.3 is 0 Å². The van der Waals surface area contributed by atoms with E-state index in [2.05, 4.69) is 15.9 Å². The van der Waals surface area contributed by atoms with Crippen molar-refractivity contribution in [3.63, 3.8) is 0 Å². The highest BCUT2D eigenvalue weighted by Crippen LogP contribution is 2.26. The molecule has 0 bridgehead atoms. The van der Waals surface area contributed by atoms with Gasteiger partial charge < -0.3 is 5.73 Å². The van der Waals surface area contributed by atoms with Gasteiger partial charge in [0.1, 0.15) is 17.5 Å². The molecule has 0 saturated heterocycles. The van der Waals surface area contributed by atoms with E-state index in [1.807, 2.05) is 0 Å². The minimum atomic E-state index is -0.677. The van der Waals surface area contributed by atoms with Gasteiger partial charge in [-0.25, -0.2) is 13.2 Å². The third-order valence-electron chi connectivity index (χ3n) is 3.19. The first-order valence-electron chi connectivity index (χ1n) is 6.04. The molecule has 0 heterocycles. The van der Waals surface area contributed by atoms with Crippen molar-refractivity contribution in [1.29, 1.82) is 0 Å². The molecule has 0 amide bonds. The fourth-order valence-corrected chi connectivity index (χ4v) is 2.31. The molecule has 2 aromatic carbocycles. The zero-order valence-corrected chi connectivity index (χ0v) is 12.3. The summed E-state index contributed by atoms with van der Waals surface area (Å²) in [4.78, 5) is 0. The third-order valence-corrected chi connectivity index (χ3v) is 3.80. The van der Waals surface area contributed by atoms with Crippen LogP contribution < -0.4 is 5.73 Å². The van der Waals surface area contributed by atoms with Gasteiger partial charge in [0, 0.05) is 11.6 Å². The molecule has 1 atom stereocenters. The Morgan fingerprint density at radius 2 is 1.80 bits per heavy atom. The summed E-state index contributed by atoms with van der Waals surface area (Å²) in [6.07, 6.45) is -0.0421. The molecule has 0 spiro atoms. The van der Waals surface area contributed by atoms with Crippen molar-refractivity contribution in [2.24, 2.45) is 5.73 Å². The Balaban J connectivity index is 2.30. The predicted molar refractivity (Wildman–Crippen MR) is 75.8 cm³/mol. The largest absolute Gasteiger partial charge is 0.324 e. The van der Waals surface area contributed by atoms with Gasteiger partial charge in [-0.05, 0) is 58.6 Å². The number of aryl methyl sites for hydroxylation is 1. The Bertz CT molecular complexity index is 643. The molecule has 2 rings (SSSR count). The van der Waals surface area contributed by atoms with E-state index in [0.717, 1.165) is 0 Å². The van der Waals surface area contributed by atoms with Crippen molar-refractivity contribution in [3.8, 4) is 0 Å². The van der Waals surface area contributed by atoms with Crippen molar-refractivity contribution in [2.75, 3.05) is 0 Å². The zero-order chi connectivity index (χ0) is 14.9. The Morgan fingerprint density at radius 3 is 2.45 bits per heavy atom. The molecule has 20 heavy (non-hydrogen) atoms. The minimum Gasteiger partial charge on any atom is -0.324 e. The Hall–Kier alpha value is -1.33. The third kappa shape index (κ3) is 3.04. The summed E-state index contributed by atoms with van der Waals surface area (Å²) in [7, 11) is 0. The molecule has 2 aromatic rings. The van der Waals surface area contributed by atoms with E-state index in [-0.39, 0.29) is 22.3 Å². The highest BCUT2D eigenvalue weighted by Gasteiger charge is 2.17. The molecule has 0 saturated carbocycles. The first-order chi connectivity index (χ1) is 9.40. The molecule has 0 aliphatic rings. The van der Waals surface area contributed by atoms with Gasteiger partial charge in [-0.2, -0.15) is 0 Å². The van der Waals surface area contributed by atoms with E-state index < -0.39 is 17.7 Å². The summed E-state index contributed by atoms with van der Waals surface area (Å²) in [6, 6.07) is 6.35. The molecule has 1 unspecified atom stereocenters. The number of hydrogen-bond acceptors (Lipinski definition) is 1. The van der Waals surface area contributed by atoms with Crippen LogP contribution in [0, 0.1) is 24.4 Å². The van der Waals surface area contributed by atoms with Crippen molar-refractivity contribution in [3.05, 3.63) is 68.9 Å². The lowest BCUT2D eigenvalue weighted by atomic mass is 9.98. The highest BCUT2D eigenvalue weighted by molar-refractivity contribution is 9.10. The van der Waals surface area contributed by atoms with Crippen molar-refractivity contribution in [2.45, 2.75) is 19.4 Å². The summed E-state index contributed by atoms with van der Waals surface area (Å²) in [5, 5.41) is 0. The highest BCUT2D eigenvalue weighted by atomic mass is 79.9. The van der Waals surface area contributed by atoms with Gasteiger partial charge in [0.2, 0.25) is 0 Å². The molecular weight excluding hydrogens is 331 g/mol. The monoisotopic (exact) mass is 343 g/mol. The lowest BCUT2D eigenvalue weighted by Crippen LogP contribution is -2.15. The molecule has 0 aliphatic heterocycles. The summed E-state index contributed by atoms with van der Waals surface area (Å²) < 4.78 is 41.2. The SMILES string of the molecule is Cc1ccc(C(N)Cc2c(F)ccc(Br)c2F)cc1F. The quantitative estimate of drug-likeness (QED) is 0.820. The molecule has 5 heteroatoms. The van der Waals surface area contributed by atoms with Gasteiger partial charge in [-0.15, -0.1) is 0 Å². The van der Waals surface area contributed by atoms with Crippen LogP contribution in [0.3, 0.4) is 0 Å². The van der Waals surface area contributed by atoms with Crippen LogP contribution in [0.4, 0.5) is 13.2 Å². The number of nitrogens with two attached hydrogens (primary N) is 1. The smallest absolute Gasteiger partial charge is 0.143 e. The van der Waals surface area contributed by atoms with Crippen molar-refractivity contribution in [1.82, 2.24) is 0 Å². The standard InChI is InChI=1S/C15H13BrF3N/c1-8-2-3-9(6-13(8)18)14(20)7-10-12(17)5-4-11(16)15(10)19/h2-6,14H,7,20H2,1H3. The number of halogens is 4. The topological polar surface area (TPSA) is 26.0 Å². The predicted octanol–water partition coefficient (Wildman–Crippen LogP) is 4.42. The second-order valence-corrected chi connectivity index (χ2v) is 5.50. The fourth-order valence-electron chi connectivity index (χ4n) is 1.93. The maximum absolute atomic E-state index is 13.9. The number of hydrogen-bond donors (Lipinski definition) is 1. The lowest BCUT2D eigenvalue weighted by Gasteiger charge is -2.14. The molecule has 0 aromatic heterocycles. The van der Waals surface area contributed by atoms with E-state index in [1.165, 1.54) is 18.2 Å². The van der Waals surface area contributed by atoms with Crippen LogP contribution in [0.25, 0.3) is 0 Å². The minimum absolute atomic E-state index is 0.0421. The first-order valence-corrected chi connectivity index (χ1v) is 6.83. The Labute approximate surface area is 123 Å². The second kappa shape index (κ2) is 5.97. The lowest BCUT2D eigenvalue weighted by molar-refractivity contribution is 0.535. The molecule has 0 aliphatic carbocycles. The maximum Gasteiger partial charge on any atom is 0.143 e. The van der Waals surface area contributed by atoms with E-state index in [0.29, 0.717) is 11.1 Å². The van der Waals surface area contributed by atoms with Crippen LogP contribution in [-0.4, -0.2) is 0 Å². The molecule has 0 fully saturated rings. The summed E-state index contributed by atoms with van der Waals surface area (Å²) in [6.45, 7) is 1.64. The average molecular weight is 344 g/mol. The zero-order valence-electron chi connectivity index (χ0n) is 10.8. The van der Waals surface area contributed by atoms with Crippen LogP contribution in [-0.2, 0) is 6.42 Å². The Morgan fingerprint density at radius 1 is 1.10 bits per heavy atom. The van der Waals surface area contributed by atoms with Gasteiger partial charge in [-0.1, -0.05) is 12.1 Å². The van der Waals surface area contributed by atoms with E-state index in [4.69, 9.17) is 5.73 Å². The van der Waals surface area contributed by atoms with Crippen LogP contribution in [0.2, 0.25) is 0 Å². The second-order valence-electron chi connectivity index (χ2n) is 4.64. The summed E-state index contributed by atoms with van der Waals surface area (Å²) in [5.74, 6) is -1.71. The van der Waals surface area contributed by atoms with Crippen LogP contribution in [0.5, 0.6) is 0 Å². The summed E-state index contributed by atoms with van der Waals surface area (Å²) >= 11 is 3.01. The van der Waals surface area contributed by atoms with E-state index in [1.54, 1.807) is 19.1 Å². The van der Waals surface area contributed by atoms with Gasteiger partial charge in [0.15, 0.2) is 0 Å². The summed E-state index contributed by atoms with van der Waals surface area (Å²) in [5.41, 5.74) is 6.82. The first kappa shape index (κ1) is 15.1. The molecular formula is C15H13BrF3N. The number of rotatable bonds is 3. The van der Waals surface area contributed by atoms with E-state index >= 15 is 0 Å². The normalized spacial score (nSPS) is 12.5. The van der Waals surface area contributed by atoms with E-state index in [9.17, 15) is 13.2 Å². The van der Waals surface area contributed by atoms with Crippen molar-refractivity contribution < 1.29 is 13.2 Å². The Kier molecular flexibility index (Phi) is 4.50. The molecule has 0 radical (unpaired) electrons. The molecule has 2 N–H and O–H groups in total. The van der Waals surface area contributed by atoms with Crippen LogP contribution >= 0.6 is 15.9 Å². The van der Waals surface area contributed by atoms with Crippen LogP contribution in [0.15, 0.2) is 34.8 Å². The van der Waals surface area contributed by atoms with Crippen molar-refractivity contribution >= 4 is 15.9 Å². The number of benzene rings is 2. The fraction of sp³-hybridized carbons (Fsp3) is 0.200. The molecule has 106 valence electrons. The average Bonchev–Trinajstić information content (AvgIpc) is 2.42. The van der Waals surface area contributed by atoms with Gasteiger partial charge in [0.05, 0.1) is 4.47 Å². The van der Waals surface area contributed by atoms with Crippen LogP contribution in [0.1, 0.15) is 22.7 Å². The van der Waals surface area contributed by atoms with Gasteiger partial charge in [-0.3, -0.25) is 0 Å².